The smallest absolute Gasteiger partial charge is 0.178 e. The molecule has 0 amide bonds. The van der Waals surface area contributed by atoms with Gasteiger partial charge in [0.25, 0.3) is 0 Å². The van der Waals surface area contributed by atoms with Gasteiger partial charge in [0, 0.05) is 5.88 Å². The Balaban J connectivity index is 2.51. The van der Waals surface area contributed by atoms with Crippen molar-refractivity contribution < 1.29 is 12.8 Å². The molecule has 0 radical (unpaired) electrons. The molecule has 0 spiro atoms. The van der Waals surface area contributed by atoms with E-state index >= 15 is 0 Å². The van der Waals surface area contributed by atoms with Gasteiger partial charge in [0.2, 0.25) is 0 Å². The predicted octanol–water partition coefficient (Wildman–Crippen LogP) is 3.40. The Morgan fingerprint density at radius 2 is 1.82 bits per heavy atom. The predicted molar refractivity (Wildman–Crippen MR) is 67.6 cm³/mol. The fourth-order valence-electron chi connectivity index (χ4n) is 1.52. The van der Waals surface area contributed by atoms with Crippen molar-refractivity contribution in [1.29, 1.82) is 0 Å². The van der Waals surface area contributed by atoms with Crippen molar-refractivity contribution in [2.75, 3.05) is 11.6 Å². The third-order valence-corrected chi connectivity index (χ3v) is 4.52. The van der Waals surface area contributed by atoms with E-state index in [2.05, 4.69) is 0 Å². The van der Waals surface area contributed by atoms with Crippen LogP contribution in [0.2, 0.25) is 0 Å². The summed E-state index contributed by atoms with van der Waals surface area (Å²) in [4.78, 5) is 0.0647. The topological polar surface area (TPSA) is 34.1 Å². The highest BCUT2D eigenvalue weighted by molar-refractivity contribution is 7.91. The first-order valence-corrected chi connectivity index (χ1v) is 7.79. The van der Waals surface area contributed by atoms with E-state index in [1.807, 2.05) is 0 Å². The average Bonchev–Trinajstić information content (AvgIpc) is 2.29. The summed E-state index contributed by atoms with van der Waals surface area (Å²) in [5.41, 5.74) is 0. The van der Waals surface area contributed by atoms with E-state index in [0.717, 1.165) is 25.3 Å². The molecule has 1 aromatic rings. The fourth-order valence-corrected chi connectivity index (χ4v) is 3.11. The number of hydrogen-bond donors (Lipinski definition) is 0. The molecule has 1 rings (SSSR count). The number of benzene rings is 1. The van der Waals surface area contributed by atoms with Crippen LogP contribution in [0.3, 0.4) is 0 Å². The molecule has 0 heterocycles. The van der Waals surface area contributed by atoms with Crippen LogP contribution < -0.4 is 0 Å². The third kappa shape index (κ3) is 5.04. The summed E-state index contributed by atoms with van der Waals surface area (Å²) in [6.07, 6.45) is 3.26. The molecule has 0 saturated carbocycles. The maximum absolute atomic E-state index is 12.9. The lowest BCUT2D eigenvalue weighted by Gasteiger charge is -2.04. The van der Waals surface area contributed by atoms with Crippen LogP contribution in [-0.2, 0) is 9.84 Å². The highest BCUT2D eigenvalue weighted by Gasteiger charge is 2.14. The van der Waals surface area contributed by atoms with Crippen LogP contribution >= 0.6 is 11.6 Å². The lowest BCUT2D eigenvalue weighted by molar-refractivity contribution is 0.585. The highest BCUT2D eigenvalue weighted by atomic mass is 35.5. The van der Waals surface area contributed by atoms with Crippen molar-refractivity contribution in [1.82, 2.24) is 0 Å². The van der Waals surface area contributed by atoms with E-state index in [-0.39, 0.29) is 10.6 Å². The van der Waals surface area contributed by atoms with Crippen molar-refractivity contribution in [3.63, 3.8) is 0 Å². The van der Waals surface area contributed by atoms with Crippen LogP contribution in [0.1, 0.15) is 25.7 Å². The zero-order chi connectivity index (χ0) is 12.7. The molecule has 0 aliphatic rings. The van der Waals surface area contributed by atoms with Crippen molar-refractivity contribution >= 4 is 21.4 Å². The summed E-state index contributed by atoms with van der Waals surface area (Å²) >= 11 is 5.52. The number of hydrogen-bond acceptors (Lipinski definition) is 2. The zero-order valence-corrected chi connectivity index (χ0v) is 11.1. The fraction of sp³-hybridized carbons (Fsp3) is 0.500. The molecule has 0 bridgehead atoms. The van der Waals surface area contributed by atoms with Gasteiger partial charge in [-0.15, -0.1) is 11.6 Å². The molecule has 0 aliphatic carbocycles. The zero-order valence-electron chi connectivity index (χ0n) is 9.53. The molecule has 0 N–H and O–H groups in total. The van der Waals surface area contributed by atoms with E-state index in [1.54, 1.807) is 0 Å². The van der Waals surface area contributed by atoms with Crippen molar-refractivity contribution in [2.45, 2.75) is 30.6 Å². The van der Waals surface area contributed by atoms with E-state index in [0.29, 0.717) is 12.3 Å². The number of halogens is 2. The maximum Gasteiger partial charge on any atom is 0.178 e. The molecule has 0 aliphatic heterocycles. The van der Waals surface area contributed by atoms with Gasteiger partial charge in [-0.1, -0.05) is 18.9 Å². The Kier molecular flexibility index (Phi) is 5.92. The number of unbranched alkanes of at least 4 members (excludes halogenated alkanes) is 3. The summed E-state index contributed by atoms with van der Waals surface area (Å²) in [6, 6.07) is 5.14. The highest BCUT2D eigenvalue weighted by Crippen LogP contribution is 2.14. The van der Waals surface area contributed by atoms with Crippen LogP contribution in [0.4, 0.5) is 4.39 Å². The van der Waals surface area contributed by atoms with Crippen LogP contribution in [-0.4, -0.2) is 20.1 Å². The standard InChI is InChI=1S/C12H16ClFO2S/c13-8-3-1-2-4-9-17(15,16)12-7-5-6-11(14)10-12/h5-7,10H,1-4,8-9H2. The quantitative estimate of drug-likeness (QED) is 0.566. The van der Waals surface area contributed by atoms with Gasteiger partial charge in [0.05, 0.1) is 10.6 Å². The normalized spacial score (nSPS) is 11.6. The Labute approximate surface area is 107 Å². The molecule has 5 heteroatoms. The number of alkyl halides is 1. The second-order valence-corrected chi connectivity index (χ2v) is 6.37. The lowest BCUT2D eigenvalue weighted by atomic mass is 10.2. The molecular weight excluding hydrogens is 263 g/mol. The minimum Gasteiger partial charge on any atom is -0.224 e. The van der Waals surface area contributed by atoms with Gasteiger partial charge in [-0.05, 0) is 31.0 Å². The summed E-state index contributed by atoms with van der Waals surface area (Å²) in [5.74, 6) is 0.156. The van der Waals surface area contributed by atoms with Gasteiger partial charge in [0.15, 0.2) is 9.84 Å². The van der Waals surface area contributed by atoms with E-state index < -0.39 is 15.7 Å². The van der Waals surface area contributed by atoms with E-state index in [9.17, 15) is 12.8 Å². The minimum atomic E-state index is -3.34. The minimum absolute atomic E-state index is 0.0647. The second kappa shape index (κ2) is 6.97. The van der Waals surface area contributed by atoms with Crippen LogP contribution in [0, 0.1) is 5.82 Å². The van der Waals surface area contributed by atoms with E-state index in [4.69, 9.17) is 11.6 Å². The molecule has 2 nitrogen and oxygen atoms in total. The Morgan fingerprint density at radius 1 is 1.12 bits per heavy atom. The van der Waals surface area contributed by atoms with Crippen molar-refractivity contribution in [3.8, 4) is 0 Å². The molecule has 0 aromatic heterocycles. The first kappa shape index (κ1) is 14.5. The third-order valence-electron chi connectivity index (χ3n) is 2.45. The molecule has 0 saturated heterocycles. The van der Waals surface area contributed by atoms with Crippen molar-refractivity contribution in [3.05, 3.63) is 30.1 Å². The summed E-state index contributed by atoms with van der Waals surface area (Å²) in [6.45, 7) is 0. The first-order valence-electron chi connectivity index (χ1n) is 5.60. The molecular formula is C12H16ClFO2S. The van der Waals surface area contributed by atoms with E-state index in [1.165, 1.54) is 18.2 Å². The van der Waals surface area contributed by atoms with Gasteiger partial charge in [-0.25, -0.2) is 12.8 Å². The van der Waals surface area contributed by atoms with Crippen LogP contribution in [0.5, 0.6) is 0 Å². The largest absolute Gasteiger partial charge is 0.224 e. The van der Waals surface area contributed by atoms with Gasteiger partial charge < -0.3 is 0 Å². The number of sulfone groups is 1. The first-order chi connectivity index (χ1) is 8.06. The molecule has 0 atom stereocenters. The Morgan fingerprint density at radius 3 is 2.47 bits per heavy atom. The number of rotatable bonds is 7. The molecule has 1 aromatic carbocycles. The SMILES string of the molecule is O=S(=O)(CCCCCCCl)c1cccc(F)c1. The monoisotopic (exact) mass is 278 g/mol. The molecule has 96 valence electrons. The molecule has 0 fully saturated rings. The van der Waals surface area contributed by atoms with Crippen LogP contribution in [0.15, 0.2) is 29.2 Å². The van der Waals surface area contributed by atoms with Crippen LogP contribution in [0.25, 0.3) is 0 Å². The Hall–Kier alpha value is -0.610. The summed E-state index contributed by atoms with van der Waals surface area (Å²) in [7, 11) is -3.34. The molecule has 17 heavy (non-hydrogen) atoms. The molecule has 0 unspecified atom stereocenters. The van der Waals surface area contributed by atoms with Crippen molar-refractivity contribution in [2.24, 2.45) is 0 Å². The maximum atomic E-state index is 12.9. The average molecular weight is 279 g/mol. The van der Waals surface area contributed by atoms with Gasteiger partial charge >= 0.3 is 0 Å². The van der Waals surface area contributed by atoms with Gasteiger partial charge in [0.1, 0.15) is 5.82 Å². The summed E-state index contributed by atoms with van der Waals surface area (Å²) in [5, 5.41) is 0. The summed E-state index contributed by atoms with van der Waals surface area (Å²) < 4.78 is 36.6. The second-order valence-electron chi connectivity index (χ2n) is 3.88. The van der Waals surface area contributed by atoms with Gasteiger partial charge in [-0.3, -0.25) is 0 Å². The lowest BCUT2D eigenvalue weighted by Crippen LogP contribution is -2.07. The Bertz CT molecular complexity index is 446. The van der Waals surface area contributed by atoms with Gasteiger partial charge in [-0.2, -0.15) is 0 Å².